The molecular formula is C11H17ClN2O. The molecule has 0 amide bonds. The maximum Gasteiger partial charge on any atom is 0.160 e. The summed E-state index contributed by atoms with van der Waals surface area (Å²) < 4.78 is 5.60. The number of hydrogen-bond acceptors (Lipinski definition) is 3. The van der Waals surface area contributed by atoms with Gasteiger partial charge in [-0.15, -0.1) is 11.6 Å². The van der Waals surface area contributed by atoms with Crippen molar-refractivity contribution >= 4 is 11.6 Å². The number of halogens is 1. The molecule has 0 saturated heterocycles. The molecule has 1 rings (SSSR count). The van der Waals surface area contributed by atoms with Crippen LogP contribution in [0.1, 0.15) is 38.0 Å². The van der Waals surface area contributed by atoms with E-state index in [-0.39, 0.29) is 0 Å². The van der Waals surface area contributed by atoms with Crippen molar-refractivity contribution in [2.75, 3.05) is 6.61 Å². The van der Waals surface area contributed by atoms with Crippen molar-refractivity contribution in [1.82, 2.24) is 9.97 Å². The molecule has 0 atom stereocenters. The number of aryl methyl sites for hydroxylation is 1. The van der Waals surface area contributed by atoms with Crippen LogP contribution in [0, 0.1) is 6.92 Å². The first kappa shape index (κ1) is 12.4. The fraction of sp³-hybridized carbons (Fsp3) is 0.636. The summed E-state index contributed by atoms with van der Waals surface area (Å²) in [6, 6.07) is 1.89. The fourth-order valence-corrected chi connectivity index (χ4v) is 1.53. The van der Waals surface area contributed by atoms with E-state index in [9.17, 15) is 0 Å². The first-order chi connectivity index (χ1) is 6.99. The predicted octanol–water partition coefficient (Wildman–Crippen LogP) is 2.80. The standard InChI is InChI=1S/C11H17ClN2O/c1-5-15-11(3,4)10-13-8(2)6-9(7-12)14-10/h6H,5,7H2,1-4H3. The maximum absolute atomic E-state index is 5.77. The van der Waals surface area contributed by atoms with E-state index in [2.05, 4.69) is 9.97 Å². The van der Waals surface area contributed by atoms with Gasteiger partial charge in [-0.2, -0.15) is 0 Å². The van der Waals surface area contributed by atoms with Crippen LogP contribution in [-0.4, -0.2) is 16.6 Å². The van der Waals surface area contributed by atoms with Crippen LogP contribution in [0.25, 0.3) is 0 Å². The lowest BCUT2D eigenvalue weighted by atomic mass is 10.1. The molecule has 1 aromatic heterocycles. The van der Waals surface area contributed by atoms with Crippen LogP contribution in [0.2, 0.25) is 0 Å². The maximum atomic E-state index is 5.77. The van der Waals surface area contributed by atoms with Gasteiger partial charge < -0.3 is 4.74 Å². The third kappa shape index (κ3) is 3.14. The Bertz CT molecular complexity index is 339. The Balaban J connectivity index is 3.07. The van der Waals surface area contributed by atoms with Gasteiger partial charge in [-0.3, -0.25) is 0 Å². The molecule has 0 aliphatic rings. The number of hydrogen-bond donors (Lipinski definition) is 0. The van der Waals surface area contributed by atoms with Crippen molar-refractivity contribution < 1.29 is 4.74 Å². The third-order valence-electron chi connectivity index (χ3n) is 2.09. The van der Waals surface area contributed by atoms with Crippen LogP contribution in [0.4, 0.5) is 0 Å². The third-order valence-corrected chi connectivity index (χ3v) is 2.36. The first-order valence-corrected chi connectivity index (χ1v) is 5.58. The van der Waals surface area contributed by atoms with Gasteiger partial charge in [0.15, 0.2) is 5.82 Å². The molecule has 1 aromatic rings. The van der Waals surface area contributed by atoms with Crippen molar-refractivity contribution in [3.8, 4) is 0 Å². The lowest BCUT2D eigenvalue weighted by molar-refractivity contribution is -0.0210. The summed E-state index contributed by atoms with van der Waals surface area (Å²) in [5.74, 6) is 1.10. The molecule has 0 saturated carbocycles. The molecule has 0 aromatic carbocycles. The minimum Gasteiger partial charge on any atom is -0.368 e. The molecule has 0 aliphatic carbocycles. The van der Waals surface area contributed by atoms with Gasteiger partial charge in [-0.05, 0) is 33.8 Å². The molecular weight excluding hydrogens is 212 g/mol. The molecule has 84 valence electrons. The lowest BCUT2D eigenvalue weighted by Gasteiger charge is -2.23. The predicted molar refractivity (Wildman–Crippen MR) is 61.0 cm³/mol. The summed E-state index contributed by atoms with van der Waals surface area (Å²) in [6.45, 7) is 8.45. The normalized spacial score (nSPS) is 11.8. The highest BCUT2D eigenvalue weighted by Gasteiger charge is 2.24. The van der Waals surface area contributed by atoms with Crippen LogP contribution in [0.15, 0.2) is 6.07 Å². The molecule has 0 spiro atoms. The van der Waals surface area contributed by atoms with Crippen LogP contribution in [0.5, 0.6) is 0 Å². The zero-order valence-electron chi connectivity index (χ0n) is 9.67. The van der Waals surface area contributed by atoms with E-state index < -0.39 is 5.60 Å². The van der Waals surface area contributed by atoms with Gasteiger partial charge in [0.25, 0.3) is 0 Å². The number of nitrogens with zero attached hydrogens (tertiary/aromatic N) is 2. The highest BCUT2D eigenvalue weighted by Crippen LogP contribution is 2.21. The second-order valence-corrected chi connectivity index (χ2v) is 4.17. The summed E-state index contributed by atoms with van der Waals surface area (Å²) in [7, 11) is 0. The second kappa shape index (κ2) is 4.90. The van der Waals surface area contributed by atoms with Crippen molar-refractivity contribution in [2.45, 2.75) is 39.2 Å². The molecule has 15 heavy (non-hydrogen) atoms. The van der Waals surface area contributed by atoms with Gasteiger partial charge in [0.1, 0.15) is 5.60 Å². The van der Waals surface area contributed by atoms with E-state index in [0.29, 0.717) is 18.3 Å². The first-order valence-electron chi connectivity index (χ1n) is 5.04. The number of aromatic nitrogens is 2. The van der Waals surface area contributed by atoms with Gasteiger partial charge in [0.05, 0.1) is 11.6 Å². The van der Waals surface area contributed by atoms with E-state index in [1.54, 1.807) is 0 Å². The molecule has 0 unspecified atom stereocenters. The SMILES string of the molecule is CCOC(C)(C)c1nc(C)cc(CCl)n1. The van der Waals surface area contributed by atoms with Crippen LogP contribution >= 0.6 is 11.6 Å². The van der Waals surface area contributed by atoms with E-state index in [0.717, 1.165) is 11.4 Å². The number of alkyl halides is 1. The van der Waals surface area contributed by atoms with Crippen molar-refractivity contribution in [3.05, 3.63) is 23.3 Å². The van der Waals surface area contributed by atoms with Gasteiger partial charge in [0, 0.05) is 12.3 Å². The Morgan fingerprint density at radius 1 is 1.40 bits per heavy atom. The summed E-state index contributed by atoms with van der Waals surface area (Å²) in [5, 5.41) is 0. The molecule has 3 nitrogen and oxygen atoms in total. The number of rotatable bonds is 4. The molecule has 1 heterocycles. The Morgan fingerprint density at radius 3 is 2.60 bits per heavy atom. The van der Waals surface area contributed by atoms with E-state index >= 15 is 0 Å². The van der Waals surface area contributed by atoms with Crippen LogP contribution in [-0.2, 0) is 16.2 Å². The van der Waals surface area contributed by atoms with E-state index in [1.807, 2.05) is 33.8 Å². The fourth-order valence-electron chi connectivity index (χ4n) is 1.40. The summed E-state index contributed by atoms with van der Waals surface area (Å²) in [6.07, 6.45) is 0. The molecule has 0 aliphatic heterocycles. The molecule has 0 bridgehead atoms. The van der Waals surface area contributed by atoms with Gasteiger partial charge in [0.2, 0.25) is 0 Å². The second-order valence-electron chi connectivity index (χ2n) is 3.90. The smallest absolute Gasteiger partial charge is 0.160 e. The Hall–Kier alpha value is -0.670. The minimum atomic E-state index is -0.457. The Kier molecular flexibility index (Phi) is 4.05. The Morgan fingerprint density at radius 2 is 2.07 bits per heavy atom. The quantitative estimate of drug-likeness (QED) is 0.744. The van der Waals surface area contributed by atoms with E-state index in [1.165, 1.54) is 0 Å². The monoisotopic (exact) mass is 228 g/mol. The molecule has 0 N–H and O–H groups in total. The molecule has 0 radical (unpaired) electrons. The topological polar surface area (TPSA) is 35.0 Å². The zero-order chi connectivity index (χ0) is 11.5. The summed E-state index contributed by atoms with van der Waals surface area (Å²) in [4.78, 5) is 8.75. The van der Waals surface area contributed by atoms with Crippen LogP contribution < -0.4 is 0 Å². The van der Waals surface area contributed by atoms with Gasteiger partial charge in [-0.1, -0.05) is 0 Å². The van der Waals surface area contributed by atoms with E-state index in [4.69, 9.17) is 16.3 Å². The highest BCUT2D eigenvalue weighted by molar-refractivity contribution is 6.16. The van der Waals surface area contributed by atoms with Crippen LogP contribution in [0.3, 0.4) is 0 Å². The van der Waals surface area contributed by atoms with Crippen molar-refractivity contribution in [3.63, 3.8) is 0 Å². The Labute approximate surface area is 95.8 Å². The summed E-state index contributed by atoms with van der Waals surface area (Å²) >= 11 is 5.77. The minimum absolute atomic E-state index is 0.401. The molecule has 4 heteroatoms. The largest absolute Gasteiger partial charge is 0.368 e. The molecule has 0 fully saturated rings. The van der Waals surface area contributed by atoms with Crippen molar-refractivity contribution in [2.24, 2.45) is 0 Å². The highest BCUT2D eigenvalue weighted by atomic mass is 35.5. The zero-order valence-corrected chi connectivity index (χ0v) is 10.4. The van der Waals surface area contributed by atoms with Crippen molar-refractivity contribution in [1.29, 1.82) is 0 Å². The van der Waals surface area contributed by atoms with Gasteiger partial charge in [-0.25, -0.2) is 9.97 Å². The lowest BCUT2D eigenvalue weighted by Crippen LogP contribution is -2.25. The summed E-state index contributed by atoms with van der Waals surface area (Å²) in [5.41, 5.74) is 1.30. The average molecular weight is 229 g/mol. The number of ether oxygens (including phenoxy) is 1. The van der Waals surface area contributed by atoms with Gasteiger partial charge >= 0.3 is 0 Å². The average Bonchev–Trinajstić information content (AvgIpc) is 2.16.